The van der Waals surface area contributed by atoms with Crippen LogP contribution in [0.25, 0.3) is 0 Å². The number of rotatable bonds is 1. The lowest BCUT2D eigenvalue weighted by Crippen LogP contribution is -2.38. The Morgan fingerprint density at radius 2 is 2.24 bits per heavy atom. The zero-order valence-electron chi connectivity index (χ0n) is 8.36. The normalized spacial score (nSPS) is 18.1. The smallest absolute Gasteiger partial charge is 0.270 e. The maximum atomic E-state index is 11.8. The van der Waals surface area contributed by atoms with E-state index >= 15 is 0 Å². The van der Waals surface area contributed by atoms with Crippen molar-refractivity contribution in [3.63, 3.8) is 0 Å². The summed E-state index contributed by atoms with van der Waals surface area (Å²) in [5.41, 5.74) is 5.37. The van der Waals surface area contributed by atoms with E-state index in [9.17, 15) is 20.0 Å². The van der Waals surface area contributed by atoms with Crippen LogP contribution in [0.1, 0.15) is 22.1 Å². The highest BCUT2D eigenvalue weighted by Gasteiger charge is 2.38. The Kier molecular flexibility index (Phi) is 2.52. The first-order valence-electron chi connectivity index (χ1n) is 4.53. The summed E-state index contributed by atoms with van der Waals surface area (Å²) in [6.45, 7) is 0. The minimum absolute atomic E-state index is 0.0412. The topological polar surface area (TPSA) is 110 Å². The van der Waals surface area contributed by atoms with E-state index in [0.717, 1.165) is 11.0 Å². The third-order valence-electron chi connectivity index (χ3n) is 2.46. The fourth-order valence-corrected chi connectivity index (χ4v) is 1.85. The highest BCUT2D eigenvalue weighted by molar-refractivity contribution is 7.80. The number of benzene rings is 1. The molecule has 0 aromatic heterocycles. The fourth-order valence-electron chi connectivity index (χ4n) is 1.67. The number of carbonyl (C=O) groups excluding carboxylic acids is 1. The Labute approximate surface area is 101 Å². The Hall–Kier alpha value is -2.06. The fraction of sp³-hybridized carbons (Fsp3) is 0.111. The number of nitro benzene ring substituents is 1. The third-order valence-corrected chi connectivity index (χ3v) is 2.65. The second kappa shape index (κ2) is 3.75. The molecule has 0 radical (unpaired) electrons. The summed E-state index contributed by atoms with van der Waals surface area (Å²) in [6.07, 6.45) is -1.28. The Bertz CT molecular complexity index is 545. The van der Waals surface area contributed by atoms with Crippen molar-refractivity contribution in [2.45, 2.75) is 6.23 Å². The summed E-state index contributed by atoms with van der Waals surface area (Å²) >= 11 is 4.63. The number of aliphatic hydroxyl groups excluding tert-OH is 1. The molecule has 1 aliphatic rings. The molecule has 1 atom stereocenters. The number of hydrogen-bond acceptors (Lipinski definition) is 5. The summed E-state index contributed by atoms with van der Waals surface area (Å²) in [5, 5.41) is 20.1. The lowest BCUT2D eigenvalue weighted by Gasteiger charge is -2.17. The van der Waals surface area contributed by atoms with Crippen LogP contribution in [0.5, 0.6) is 0 Å². The Morgan fingerprint density at radius 3 is 2.76 bits per heavy atom. The number of hydrogen-bond donors (Lipinski definition) is 2. The Morgan fingerprint density at radius 1 is 1.59 bits per heavy atom. The molecule has 0 saturated heterocycles. The number of nitro groups is 1. The summed E-state index contributed by atoms with van der Waals surface area (Å²) < 4.78 is 0. The van der Waals surface area contributed by atoms with Crippen LogP contribution in [0.3, 0.4) is 0 Å². The van der Waals surface area contributed by atoms with Crippen molar-refractivity contribution in [2.75, 3.05) is 0 Å². The minimum atomic E-state index is -1.28. The van der Waals surface area contributed by atoms with E-state index in [4.69, 9.17) is 5.73 Å². The van der Waals surface area contributed by atoms with Crippen molar-refractivity contribution in [3.05, 3.63) is 39.4 Å². The molecule has 0 spiro atoms. The second-order valence-electron chi connectivity index (χ2n) is 3.42. The molecule has 2 rings (SSSR count). The number of aliphatic hydroxyl groups is 1. The van der Waals surface area contributed by atoms with Gasteiger partial charge in [-0.1, -0.05) is 0 Å². The van der Waals surface area contributed by atoms with Gasteiger partial charge in [0.05, 0.1) is 10.5 Å². The average Bonchev–Trinajstić information content (AvgIpc) is 2.51. The molecular formula is C9H7N3O4S. The molecule has 0 fully saturated rings. The first-order valence-corrected chi connectivity index (χ1v) is 4.93. The van der Waals surface area contributed by atoms with Gasteiger partial charge in [0.2, 0.25) is 0 Å². The molecular weight excluding hydrogens is 246 g/mol. The number of thiocarbonyl (C=S) groups is 1. The minimum Gasteiger partial charge on any atom is -0.376 e. The zero-order valence-corrected chi connectivity index (χ0v) is 9.18. The van der Waals surface area contributed by atoms with Gasteiger partial charge in [-0.05, 0) is 18.3 Å². The monoisotopic (exact) mass is 253 g/mol. The van der Waals surface area contributed by atoms with Gasteiger partial charge in [0.15, 0.2) is 11.3 Å². The number of fused-ring (bicyclic) bond motifs is 1. The number of amides is 1. The molecule has 1 aromatic carbocycles. The van der Waals surface area contributed by atoms with E-state index in [0.29, 0.717) is 0 Å². The maximum Gasteiger partial charge on any atom is 0.270 e. The van der Waals surface area contributed by atoms with Crippen LogP contribution in [0.2, 0.25) is 0 Å². The predicted octanol–water partition coefficient (Wildman–Crippen LogP) is 0.285. The van der Waals surface area contributed by atoms with Crippen LogP contribution < -0.4 is 5.73 Å². The maximum absolute atomic E-state index is 11.8. The third kappa shape index (κ3) is 1.63. The molecule has 0 saturated carbocycles. The van der Waals surface area contributed by atoms with Crippen LogP contribution in [0.15, 0.2) is 18.2 Å². The van der Waals surface area contributed by atoms with E-state index in [1.807, 2.05) is 0 Å². The number of nitrogens with zero attached hydrogens (tertiary/aromatic N) is 2. The molecule has 0 aliphatic carbocycles. The summed E-state index contributed by atoms with van der Waals surface area (Å²) in [4.78, 5) is 22.6. The van der Waals surface area contributed by atoms with Gasteiger partial charge in [-0.3, -0.25) is 19.8 Å². The molecule has 1 heterocycles. The van der Waals surface area contributed by atoms with Gasteiger partial charge in [-0.15, -0.1) is 0 Å². The summed E-state index contributed by atoms with van der Waals surface area (Å²) in [5.74, 6) is -0.635. The standard InChI is InChI=1S/C9H7N3O4S/c10-9(17)11-7(13)5-2-1-4(12(15)16)3-6(5)8(11)14/h1-3,7,13H,(H2,10,17). The predicted molar refractivity (Wildman–Crippen MR) is 61.0 cm³/mol. The van der Waals surface area contributed by atoms with Gasteiger partial charge in [-0.25, -0.2) is 0 Å². The van der Waals surface area contributed by atoms with Crippen molar-refractivity contribution >= 4 is 28.9 Å². The van der Waals surface area contributed by atoms with Gasteiger partial charge >= 0.3 is 0 Å². The molecule has 1 amide bonds. The molecule has 17 heavy (non-hydrogen) atoms. The zero-order chi connectivity index (χ0) is 12.7. The van der Waals surface area contributed by atoms with Crippen LogP contribution in [0.4, 0.5) is 5.69 Å². The molecule has 1 unspecified atom stereocenters. The SMILES string of the molecule is NC(=S)N1C(=O)c2cc([N+](=O)[O-])ccc2C1O. The van der Waals surface area contributed by atoms with Crippen molar-refractivity contribution in [3.8, 4) is 0 Å². The summed E-state index contributed by atoms with van der Waals surface area (Å²) in [6, 6.07) is 3.62. The quantitative estimate of drug-likeness (QED) is 0.422. The van der Waals surface area contributed by atoms with E-state index < -0.39 is 17.1 Å². The van der Waals surface area contributed by atoms with E-state index in [2.05, 4.69) is 12.2 Å². The average molecular weight is 253 g/mol. The van der Waals surface area contributed by atoms with Gasteiger partial charge in [0.25, 0.3) is 11.6 Å². The Balaban J connectivity index is 2.54. The number of nitrogens with two attached hydrogens (primary N) is 1. The van der Waals surface area contributed by atoms with E-state index in [1.54, 1.807) is 0 Å². The molecule has 1 aromatic rings. The van der Waals surface area contributed by atoms with Crippen molar-refractivity contribution in [2.24, 2.45) is 5.73 Å². The van der Waals surface area contributed by atoms with E-state index in [1.165, 1.54) is 12.1 Å². The van der Waals surface area contributed by atoms with Gasteiger partial charge < -0.3 is 10.8 Å². The number of carbonyl (C=O) groups is 1. The second-order valence-corrected chi connectivity index (χ2v) is 3.83. The lowest BCUT2D eigenvalue weighted by molar-refractivity contribution is -0.384. The van der Waals surface area contributed by atoms with Gasteiger partial charge in [0.1, 0.15) is 0 Å². The van der Waals surface area contributed by atoms with Crippen LogP contribution >= 0.6 is 12.2 Å². The van der Waals surface area contributed by atoms with Crippen molar-refractivity contribution in [1.29, 1.82) is 0 Å². The molecule has 7 nitrogen and oxygen atoms in total. The number of non-ortho nitro benzene ring substituents is 1. The largest absolute Gasteiger partial charge is 0.376 e. The molecule has 3 N–H and O–H groups in total. The van der Waals surface area contributed by atoms with Crippen LogP contribution in [-0.4, -0.2) is 25.9 Å². The van der Waals surface area contributed by atoms with E-state index in [-0.39, 0.29) is 21.9 Å². The first-order chi connectivity index (χ1) is 7.93. The highest BCUT2D eigenvalue weighted by atomic mass is 32.1. The van der Waals surface area contributed by atoms with Crippen molar-refractivity contribution < 1.29 is 14.8 Å². The first kappa shape index (κ1) is 11.4. The lowest BCUT2D eigenvalue weighted by atomic mass is 10.1. The van der Waals surface area contributed by atoms with Crippen LogP contribution in [-0.2, 0) is 0 Å². The molecule has 1 aliphatic heterocycles. The molecule has 8 heteroatoms. The van der Waals surface area contributed by atoms with Gasteiger partial charge in [-0.2, -0.15) is 0 Å². The summed E-state index contributed by atoms with van der Waals surface area (Å²) in [7, 11) is 0. The molecule has 88 valence electrons. The highest BCUT2D eigenvalue weighted by Crippen LogP contribution is 2.33. The van der Waals surface area contributed by atoms with Gasteiger partial charge in [0, 0.05) is 17.7 Å². The van der Waals surface area contributed by atoms with Crippen molar-refractivity contribution in [1.82, 2.24) is 4.90 Å². The molecule has 0 bridgehead atoms. The van der Waals surface area contributed by atoms with Crippen LogP contribution in [0, 0.1) is 10.1 Å².